The maximum absolute atomic E-state index is 12.5. The smallest absolute Gasteiger partial charge is 0.311 e. The average Bonchev–Trinajstić information content (AvgIpc) is 2.84. The lowest BCUT2D eigenvalue weighted by molar-refractivity contribution is -0.148. The molecular weight excluding hydrogens is 313 g/mol. The fourth-order valence-corrected chi connectivity index (χ4v) is 3.33. The summed E-state index contributed by atoms with van der Waals surface area (Å²) < 4.78 is 0. The lowest BCUT2D eigenvalue weighted by Gasteiger charge is -2.24. The number of benzene rings is 1. The second kappa shape index (κ2) is 6.24. The molecule has 0 aromatic heterocycles. The summed E-state index contributed by atoms with van der Waals surface area (Å²) in [6.07, 6.45) is 1.82. The molecule has 1 heterocycles. The fourth-order valence-electron chi connectivity index (χ4n) is 2.84. The lowest BCUT2D eigenvalue weighted by Crippen LogP contribution is -2.37. The van der Waals surface area contributed by atoms with Crippen LogP contribution >= 0.6 is 23.2 Å². The van der Waals surface area contributed by atoms with Crippen LogP contribution in [0.3, 0.4) is 0 Å². The number of amides is 1. The van der Waals surface area contributed by atoms with Gasteiger partial charge in [-0.1, -0.05) is 36.5 Å². The van der Waals surface area contributed by atoms with Crippen LogP contribution in [0.15, 0.2) is 18.2 Å². The first-order valence-electron chi connectivity index (χ1n) is 6.87. The number of carbonyl (C=O) groups is 2. The van der Waals surface area contributed by atoms with Crippen LogP contribution in [-0.2, 0) is 4.79 Å². The van der Waals surface area contributed by atoms with E-state index < -0.39 is 11.4 Å². The van der Waals surface area contributed by atoms with Crippen molar-refractivity contribution in [2.24, 2.45) is 5.41 Å². The second-order valence-electron chi connectivity index (χ2n) is 5.44. The Kier molecular flexibility index (Phi) is 4.79. The summed E-state index contributed by atoms with van der Waals surface area (Å²) in [5, 5.41) is 10.2. The van der Waals surface area contributed by atoms with Gasteiger partial charge in [0, 0.05) is 18.1 Å². The predicted molar refractivity (Wildman–Crippen MR) is 82.0 cm³/mol. The number of hydrogen-bond acceptors (Lipinski definition) is 2. The van der Waals surface area contributed by atoms with Gasteiger partial charge in [-0.2, -0.15) is 0 Å². The molecule has 1 aromatic carbocycles. The molecule has 114 valence electrons. The molecule has 21 heavy (non-hydrogen) atoms. The van der Waals surface area contributed by atoms with Crippen LogP contribution in [0.25, 0.3) is 0 Å². The van der Waals surface area contributed by atoms with E-state index in [1.165, 1.54) is 6.07 Å². The molecule has 0 radical (unpaired) electrons. The van der Waals surface area contributed by atoms with Crippen molar-refractivity contribution in [2.45, 2.75) is 26.2 Å². The van der Waals surface area contributed by atoms with Gasteiger partial charge in [-0.15, -0.1) is 0 Å². The highest BCUT2D eigenvalue weighted by Crippen LogP contribution is 2.36. The molecule has 1 saturated heterocycles. The molecular formula is C15H17Cl2NO3. The first-order valence-corrected chi connectivity index (χ1v) is 7.63. The summed E-state index contributed by atoms with van der Waals surface area (Å²) >= 11 is 11.9. The summed E-state index contributed by atoms with van der Waals surface area (Å²) in [5.41, 5.74) is -0.470. The molecule has 0 aliphatic carbocycles. The molecule has 4 nitrogen and oxygen atoms in total. The van der Waals surface area contributed by atoms with E-state index in [9.17, 15) is 14.7 Å². The summed E-state index contributed by atoms with van der Waals surface area (Å²) in [7, 11) is 0. The Hall–Kier alpha value is -1.26. The minimum Gasteiger partial charge on any atom is -0.481 e. The molecule has 1 N–H and O–H groups in total. The van der Waals surface area contributed by atoms with Crippen LogP contribution in [0.4, 0.5) is 0 Å². The normalized spacial score (nSPS) is 21.6. The monoisotopic (exact) mass is 329 g/mol. The van der Waals surface area contributed by atoms with Crippen molar-refractivity contribution in [2.75, 3.05) is 13.1 Å². The molecule has 1 fully saturated rings. The average molecular weight is 330 g/mol. The molecule has 1 aromatic rings. The van der Waals surface area contributed by atoms with Crippen molar-refractivity contribution in [3.05, 3.63) is 33.8 Å². The molecule has 1 aliphatic rings. The minimum atomic E-state index is -0.832. The van der Waals surface area contributed by atoms with E-state index in [0.29, 0.717) is 30.0 Å². The molecule has 6 heteroatoms. The Labute approximate surface area is 133 Å². The zero-order valence-electron chi connectivity index (χ0n) is 11.7. The first kappa shape index (κ1) is 16.1. The summed E-state index contributed by atoms with van der Waals surface area (Å²) in [4.78, 5) is 25.6. The molecule has 0 spiro atoms. The topological polar surface area (TPSA) is 57.6 Å². The Bertz CT molecular complexity index is 576. The zero-order chi connectivity index (χ0) is 15.6. The zero-order valence-corrected chi connectivity index (χ0v) is 13.2. The fraction of sp³-hybridized carbons (Fsp3) is 0.467. The van der Waals surface area contributed by atoms with E-state index in [4.69, 9.17) is 23.2 Å². The summed E-state index contributed by atoms with van der Waals surface area (Å²) in [6, 6.07) is 4.70. The molecule has 1 atom stereocenters. The molecule has 0 bridgehead atoms. The lowest BCUT2D eigenvalue weighted by atomic mass is 9.83. The van der Waals surface area contributed by atoms with Gasteiger partial charge in [0.25, 0.3) is 5.91 Å². The van der Waals surface area contributed by atoms with Gasteiger partial charge < -0.3 is 10.0 Å². The van der Waals surface area contributed by atoms with Crippen LogP contribution in [0, 0.1) is 5.41 Å². The van der Waals surface area contributed by atoms with Gasteiger partial charge in [-0.3, -0.25) is 9.59 Å². The number of rotatable bonds is 4. The van der Waals surface area contributed by atoms with Crippen molar-refractivity contribution >= 4 is 35.1 Å². The van der Waals surface area contributed by atoms with Gasteiger partial charge in [0.2, 0.25) is 0 Å². The molecule has 1 aliphatic heterocycles. The van der Waals surface area contributed by atoms with Crippen molar-refractivity contribution < 1.29 is 14.7 Å². The van der Waals surface area contributed by atoms with Crippen LogP contribution in [-0.4, -0.2) is 35.0 Å². The van der Waals surface area contributed by atoms with Crippen LogP contribution in [0.1, 0.15) is 36.5 Å². The quantitative estimate of drug-likeness (QED) is 0.915. The van der Waals surface area contributed by atoms with Crippen molar-refractivity contribution in [1.29, 1.82) is 0 Å². The van der Waals surface area contributed by atoms with Gasteiger partial charge in [-0.05, 0) is 31.0 Å². The maximum atomic E-state index is 12.5. The van der Waals surface area contributed by atoms with E-state index in [2.05, 4.69) is 0 Å². The van der Waals surface area contributed by atoms with Crippen LogP contribution in [0.2, 0.25) is 10.0 Å². The van der Waals surface area contributed by atoms with Gasteiger partial charge in [0.05, 0.1) is 16.0 Å². The van der Waals surface area contributed by atoms with Crippen molar-refractivity contribution in [1.82, 2.24) is 4.90 Å². The van der Waals surface area contributed by atoms with Gasteiger partial charge >= 0.3 is 5.97 Å². The predicted octanol–water partition coefficient (Wildman–Crippen LogP) is 3.71. The first-order chi connectivity index (χ1) is 9.89. The van der Waals surface area contributed by atoms with E-state index in [1.54, 1.807) is 17.0 Å². The van der Waals surface area contributed by atoms with Gasteiger partial charge in [0.15, 0.2) is 0 Å². The van der Waals surface area contributed by atoms with Crippen molar-refractivity contribution in [3.8, 4) is 0 Å². The largest absolute Gasteiger partial charge is 0.481 e. The Morgan fingerprint density at radius 3 is 2.67 bits per heavy atom. The number of carbonyl (C=O) groups excluding carboxylic acids is 1. The highest BCUT2D eigenvalue weighted by Gasteiger charge is 2.45. The van der Waals surface area contributed by atoms with Crippen LogP contribution in [0.5, 0.6) is 0 Å². The third-order valence-corrected chi connectivity index (χ3v) is 4.53. The van der Waals surface area contributed by atoms with Gasteiger partial charge in [-0.25, -0.2) is 0 Å². The number of carboxylic acid groups (broad SMARTS) is 1. The maximum Gasteiger partial charge on any atom is 0.311 e. The third-order valence-electron chi connectivity index (χ3n) is 3.98. The SMILES string of the molecule is CCCC1(C(=O)O)CCN(C(=O)c2ccc(Cl)cc2Cl)C1. The van der Waals surface area contributed by atoms with E-state index in [0.717, 1.165) is 6.42 Å². The Balaban J connectivity index is 2.20. The van der Waals surface area contributed by atoms with Crippen LogP contribution < -0.4 is 0 Å². The molecule has 1 unspecified atom stereocenters. The number of hydrogen-bond donors (Lipinski definition) is 1. The number of likely N-dealkylation sites (tertiary alicyclic amines) is 1. The number of carboxylic acids is 1. The number of aliphatic carboxylic acids is 1. The standard InChI is InChI=1S/C15H17Cl2NO3/c1-2-5-15(14(20)21)6-7-18(9-15)13(19)11-4-3-10(16)8-12(11)17/h3-4,8H,2,5-7,9H2,1H3,(H,20,21). The minimum absolute atomic E-state index is 0.230. The third kappa shape index (κ3) is 3.16. The number of nitrogens with zero attached hydrogens (tertiary/aromatic N) is 1. The van der Waals surface area contributed by atoms with Gasteiger partial charge in [0.1, 0.15) is 0 Å². The number of halogens is 2. The van der Waals surface area contributed by atoms with E-state index in [-0.39, 0.29) is 17.5 Å². The van der Waals surface area contributed by atoms with E-state index >= 15 is 0 Å². The molecule has 1 amide bonds. The molecule has 2 rings (SSSR count). The highest BCUT2D eigenvalue weighted by atomic mass is 35.5. The Morgan fingerprint density at radius 1 is 1.38 bits per heavy atom. The Morgan fingerprint density at radius 2 is 2.10 bits per heavy atom. The summed E-state index contributed by atoms with van der Waals surface area (Å²) in [6.45, 7) is 2.61. The van der Waals surface area contributed by atoms with E-state index in [1.807, 2.05) is 6.92 Å². The second-order valence-corrected chi connectivity index (χ2v) is 6.28. The van der Waals surface area contributed by atoms with Crippen molar-refractivity contribution in [3.63, 3.8) is 0 Å². The molecule has 0 saturated carbocycles. The summed E-state index contributed by atoms with van der Waals surface area (Å²) in [5.74, 6) is -1.07. The highest BCUT2D eigenvalue weighted by molar-refractivity contribution is 6.36.